The molecular weight excluding hydrogens is 422 g/mol. The largest absolute Gasteiger partial charge is 0.493 e. The third kappa shape index (κ3) is 5.65. The Morgan fingerprint density at radius 1 is 1.15 bits per heavy atom. The van der Waals surface area contributed by atoms with Gasteiger partial charge < -0.3 is 24.4 Å². The molecule has 0 radical (unpaired) electrons. The van der Waals surface area contributed by atoms with Gasteiger partial charge in [0.2, 0.25) is 0 Å². The number of methoxy groups -OCH3 is 1. The number of likely N-dealkylation sites (tertiary alicyclic amines) is 1. The average molecular weight is 460 g/mol. The molecule has 1 saturated carbocycles. The van der Waals surface area contributed by atoms with Crippen LogP contribution in [-0.2, 0) is 4.74 Å². The number of urea groups is 1. The number of amides is 3. The van der Waals surface area contributed by atoms with Gasteiger partial charge in [-0.2, -0.15) is 0 Å². The van der Waals surface area contributed by atoms with Crippen molar-refractivity contribution in [2.75, 3.05) is 32.1 Å². The molecule has 2 saturated heterocycles. The maximum Gasteiger partial charge on any atom is 0.410 e. The number of anilines is 1. The highest BCUT2D eigenvalue weighted by atomic mass is 16.6. The molecule has 0 bridgehead atoms. The summed E-state index contributed by atoms with van der Waals surface area (Å²) in [6.07, 6.45) is 9.20. The van der Waals surface area contributed by atoms with Gasteiger partial charge in [-0.15, -0.1) is 0 Å². The quantitative estimate of drug-likeness (QED) is 0.590. The van der Waals surface area contributed by atoms with Crippen LogP contribution in [0.2, 0.25) is 0 Å². The number of nitrogens with one attached hydrogen (secondary N) is 1. The second-order valence-electron chi connectivity index (χ2n) is 9.32. The summed E-state index contributed by atoms with van der Waals surface area (Å²) in [5.41, 5.74) is 0.693. The highest BCUT2D eigenvalue weighted by Gasteiger charge is 2.39. The zero-order chi connectivity index (χ0) is 23.2. The number of cyclic esters (lactones) is 1. The van der Waals surface area contributed by atoms with Gasteiger partial charge in [0, 0.05) is 30.9 Å². The summed E-state index contributed by atoms with van der Waals surface area (Å²) in [5.74, 6) is 1.35. The van der Waals surface area contributed by atoms with Gasteiger partial charge in [-0.3, -0.25) is 4.90 Å². The van der Waals surface area contributed by atoms with Crippen molar-refractivity contribution in [3.05, 3.63) is 18.2 Å². The van der Waals surface area contributed by atoms with E-state index in [2.05, 4.69) is 12.2 Å². The first-order valence-corrected chi connectivity index (χ1v) is 12.4. The molecule has 1 N–H and O–H groups in total. The Balaban J connectivity index is 1.32. The monoisotopic (exact) mass is 459 g/mol. The molecule has 4 rings (SSSR count). The Morgan fingerprint density at radius 3 is 2.61 bits per heavy atom. The minimum atomic E-state index is -0.202. The molecule has 3 amide bonds. The minimum Gasteiger partial charge on any atom is -0.493 e. The van der Waals surface area contributed by atoms with Crippen molar-refractivity contribution in [2.45, 2.75) is 82.9 Å². The van der Waals surface area contributed by atoms with E-state index in [1.807, 2.05) is 28.0 Å². The molecule has 2 aliphatic heterocycles. The number of nitrogens with zero attached hydrogens (tertiary/aromatic N) is 2. The van der Waals surface area contributed by atoms with E-state index in [1.165, 1.54) is 12.8 Å². The van der Waals surface area contributed by atoms with Crippen LogP contribution in [0.5, 0.6) is 11.5 Å². The van der Waals surface area contributed by atoms with Crippen molar-refractivity contribution in [3.8, 4) is 11.5 Å². The Kier molecular flexibility index (Phi) is 7.83. The van der Waals surface area contributed by atoms with E-state index in [0.717, 1.165) is 44.9 Å². The number of carbonyl (C=O) groups excluding carboxylic acids is 2. The topological polar surface area (TPSA) is 80.3 Å². The van der Waals surface area contributed by atoms with Gasteiger partial charge in [0.1, 0.15) is 6.61 Å². The molecule has 1 aliphatic carbocycles. The predicted molar refractivity (Wildman–Crippen MR) is 126 cm³/mol. The lowest BCUT2D eigenvalue weighted by atomic mass is 10.0. The van der Waals surface area contributed by atoms with Gasteiger partial charge in [0.15, 0.2) is 11.5 Å². The van der Waals surface area contributed by atoms with Gasteiger partial charge in [0.25, 0.3) is 0 Å². The second kappa shape index (κ2) is 11.0. The fraction of sp³-hybridized carbons (Fsp3) is 0.680. The number of rotatable bonds is 8. The highest BCUT2D eigenvalue weighted by Crippen LogP contribution is 2.34. The minimum absolute atomic E-state index is 0.128. The lowest BCUT2D eigenvalue weighted by Crippen LogP contribution is -2.50. The van der Waals surface area contributed by atoms with E-state index in [4.69, 9.17) is 14.2 Å². The maximum atomic E-state index is 12.9. The lowest BCUT2D eigenvalue weighted by molar-refractivity contribution is 0.114. The Labute approximate surface area is 196 Å². The molecule has 1 aromatic rings. The zero-order valence-corrected chi connectivity index (χ0v) is 19.9. The fourth-order valence-corrected chi connectivity index (χ4v) is 5.16. The SMILES string of the molecule is CCCCC1COC(=O)N1C1CCN(C(=O)Nc2ccc(OC)c(OC3CCCC3)c2)CC1. The van der Waals surface area contributed by atoms with Gasteiger partial charge >= 0.3 is 12.1 Å². The molecule has 0 aromatic heterocycles. The van der Waals surface area contributed by atoms with Crippen molar-refractivity contribution in [1.82, 2.24) is 9.80 Å². The molecule has 8 nitrogen and oxygen atoms in total. The van der Waals surface area contributed by atoms with Crippen molar-refractivity contribution in [1.29, 1.82) is 0 Å². The summed E-state index contributed by atoms with van der Waals surface area (Å²) < 4.78 is 16.9. The summed E-state index contributed by atoms with van der Waals surface area (Å²) in [4.78, 5) is 29.0. The van der Waals surface area contributed by atoms with Crippen LogP contribution in [0.25, 0.3) is 0 Å². The third-order valence-corrected chi connectivity index (χ3v) is 7.05. The number of hydrogen-bond acceptors (Lipinski definition) is 5. The Hall–Kier alpha value is -2.64. The van der Waals surface area contributed by atoms with Gasteiger partial charge in [-0.1, -0.05) is 19.8 Å². The summed E-state index contributed by atoms with van der Waals surface area (Å²) in [6.45, 7) is 3.87. The third-order valence-electron chi connectivity index (χ3n) is 7.05. The number of unbranched alkanes of at least 4 members (excludes halogenated alkanes) is 1. The van der Waals surface area contributed by atoms with Crippen LogP contribution in [0, 0.1) is 0 Å². The molecule has 182 valence electrons. The van der Waals surface area contributed by atoms with Gasteiger partial charge in [-0.25, -0.2) is 9.59 Å². The summed E-state index contributed by atoms with van der Waals surface area (Å²) in [6, 6.07) is 5.70. The summed E-state index contributed by atoms with van der Waals surface area (Å²) in [7, 11) is 1.63. The molecule has 3 aliphatic rings. The molecule has 2 heterocycles. The van der Waals surface area contributed by atoms with Gasteiger partial charge in [-0.05, 0) is 57.1 Å². The van der Waals surface area contributed by atoms with Crippen LogP contribution in [0.3, 0.4) is 0 Å². The van der Waals surface area contributed by atoms with Crippen LogP contribution >= 0.6 is 0 Å². The summed E-state index contributed by atoms with van der Waals surface area (Å²) in [5, 5.41) is 3.00. The first-order valence-electron chi connectivity index (χ1n) is 12.4. The van der Waals surface area contributed by atoms with Crippen molar-refractivity contribution < 1.29 is 23.8 Å². The van der Waals surface area contributed by atoms with Crippen LogP contribution in [-0.4, -0.2) is 66.9 Å². The predicted octanol–water partition coefficient (Wildman–Crippen LogP) is 5.02. The molecule has 3 fully saturated rings. The summed E-state index contributed by atoms with van der Waals surface area (Å²) >= 11 is 0. The molecule has 1 atom stereocenters. The number of hydrogen-bond donors (Lipinski definition) is 1. The van der Waals surface area contributed by atoms with E-state index in [9.17, 15) is 9.59 Å². The molecule has 1 aromatic carbocycles. The molecule has 8 heteroatoms. The normalized spacial score (nSPS) is 21.9. The van der Waals surface area contributed by atoms with E-state index >= 15 is 0 Å². The molecular formula is C25H37N3O5. The number of carbonyl (C=O) groups is 2. The number of ether oxygens (including phenoxy) is 3. The Morgan fingerprint density at radius 2 is 1.91 bits per heavy atom. The number of piperidine rings is 1. The van der Waals surface area contributed by atoms with Gasteiger partial charge in [0.05, 0.1) is 19.3 Å². The highest BCUT2D eigenvalue weighted by molar-refractivity contribution is 5.89. The lowest BCUT2D eigenvalue weighted by Gasteiger charge is -2.37. The average Bonchev–Trinajstić information content (AvgIpc) is 3.47. The van der Waals surface area contributed by atoms with Crippen LogP contribution in [0.1, 0.15) is 64.7 Å². The molecule has 33 heavy (non-hydrogen) atoms. The van der Waals surface area contributed by atoms with E-state index in [-0.39, 0.29) is 30.3 Å². The van der Waals surface area contributed by atoms with Crippen LogP contribution in [0.4, 0.5) is 15.3 Å². The van der Waals surface area contributed by atoms with Crippen LogP contribution < -0.4 is 14.8 Å². The van der Waals surface area contributed by atoms with Crippen LogP contribution in [0.15, 0.2) is 18.2 Å². The first kappa shape index (κ1) is 23.5. The van der Waals surface area contributed by atoms with Crippen molar-refractivity contribution >= 4 is 17.8 Å². The van der Waals surface area contributed by atoms with E-state index in [0.29, 0.717) is 36.9 Å². The first-order chi connectivity index (χ1) is 16.1. The number of benzene rings is 1. The fourth-order valence-electron chi connectivity index (χ4n) is 5.16. The van der Waals surface area contributed by atoms with Crippen molar-refractivity contribution in [2.24, 2.45) is 0 Å². The second-order valence-corrected chi connectivity index (χ2v) is 9.32. The maximum absolute atomic E-state index is 12.9. The molecule has 0 spiro atoms. The zero-order valence-electron chi connectivity index (χ0n) is 19.9. The molecule has 1 unspecified atom stereocenters. The Bertz CT molecular complexity index is 818. The standard InChI is InChI=1S/C25H37N3O5/c1-3-4-7-20-17-32-25(30)28(20)19-12-14-27(15-13-19)24(29)26-18-10-11-22(31-2)23(16-18)33-21-8-5-6-9-21/h10-11,16,19-21H,3-9,12-15,17H2,1-2H3,(H,26,29). The smallest absolute Gasteiger partial charge is 0.410 e. The van der Waals surface area contributed by atoms with E-state index in [1.54, 1.807) is 7.11 Å². The van der Waals surface area contributed by atoms with E-state index < -0.39 is 0 Å². The van der Waals surface area contributed by atoms with Crippen molar-refractivity contribution in [3.63, 3.8) is 0 Å².